The number of nitriles is 1. The van der Waals surface area contributed by atoms with Gasteiger partial charge in [0.2, 0.25) is 0 Å². The van der Waals surface area contributed by atoms with E-state index in [0.717, 1.165) is 20.3 Å². The minimum atomic E-state index is -1.69. The predicted octanol–water partition coefficient (Wildman–Crippen LogP) is 6.17. The minimum absolute atomic E-state index is 0.0298. The van der Waals surface area contributed by atoms with Gasteiger partial charge in [-0.1, -0.05) is 6.07 Å². The Morgan fingerprint density at radius 2 is 1.42 bits per heavy atom. The van der Waals surface area contributed by atoms with E-state index in [0.29, 0.717) is 15.1 Å². The Labute approximate surface area is 357 Å². The zero-order chi connectivity index (χ0) is 41.9. The van der Waals surface area contributed by atoms with Crippen LogP contribution >= 0.6 is 8.53 Å². The van der Waals surface area contributed by atoms with Crippen molar-refractivity contribution in [3.63, 3.8) is 0 Å². The topological polar surface area (TPSA) is 137 Å². The molecular weight excluding hydrogens is 883 g/mol. The van der Waals surface area contributed by atoms with Crippen LogP contribution in [0.4, 0.5) is 0 Å². The summed E-state index contributed by atoms with van der Waals surface area (Å²) in [6, 6.07) is 37.7. The summed E-state index contributed by atoms with van der Waals surface area (Å²) in [6.07, 6.45) is -0.0217. The molecule has 1 N–H and O–H groups in total. The Kier molecular flexibility index (Phi) is 15.6. The van der Waals surface area contributed by atoms with Gasteiger partial charge in [0.1, 0.15) is 11.5 Å². The number of H-pyrrole nitrogens is 1. The third-order valence-electron chi connectivity index (χ3n) is 9.92. The van der Waals surface area contributed by atoms with Gasteiger partial charge in [0, 0.05) is 0 Å². The van der Waals surface area contributed by atoms with Crippen molar-refractivity contribution >= 4 is 36.7 Å². The van der Waals surface area contributed by atoms with Gasteiger partial charge in [-0.25, -0.2) is 0 Å². The number of methoxy groups -OCH3 is 2. The molecule has 14 heteroatoms. The van der Waals surface area contributed by atoms with E-state index in [4.69, 9.17) is 28.0 Å². The van der Waals surface area contributed by atoms with Crippen LogP contribution in [-0.2, 0) is 24.1 Å². The van der Waals surface area contributed by atoms with Gasteiger partial charge in [0.05, 0.1) is 14.2 Å². The van der Waals surface area contributed by atoms with Crippen molar-refractivity contribution in [3.05, 3.63) is 153 Å². The normalized spacial score (nSPS) is 17.3. The summed E-state index contributed by atoms with van der Waals surface area (Å²) in [5.74, 6) is 1.40. The molecule has 0 saturated carbocycles. The van der Waals surface area contributed by atoms with Crippen LogP contribution in [0.15, 0.2) is 125 Å². The van der Waals surface area contributed by atoms with Crippen LogP contribution in [0.3, 0.4) is 0 Å². The van der Waals surface area contributed by atoms with Gasteiger partial charge >= 0.3 is 312 Å². The monoisotopic (exact) mass is 936 g/mol. The zero-order valence-corrected chi connectivity index (χ0v) is 37.4. The molecule has 4 aromatic carbocycles. The summed E-state index contributed by atoms with van der Waals surface area (Å²) in [4.78, 5) is 29.3. The summed E-state index contributed by atoms with van der Waals surface area (Å²) in [5, 5.41) is 9.39. The number of benzene rings is 4. The molecule has 1 aliphatic heterocycles. The van der Waals surface area contributed by atoms with E-state index >= 15 is 0 Å². The van der Waals surface area contributed by atoms with Crippen molar-refractivity contribution in [2.24, 2.45) is 0 Å². The Morgan fingerprint density at radius 1 is 0.864 bits per heavy atom. The van der Waals surface area contributed by atoms with Gasteiger partial charge in [-0.15, -0.1) is 0 Å². The van der Waals surface area contributed by atoms with Gasteiger partial charge in [-0.05, 0) is 0 Å². The number of hydrogen-bond acceptors (Lipinski definition) is 10. The third-order valence-corrected chi connectivity index (χ3v) is 15.0. The van der Waals surface area contributed by atoms with Gasteiger partial charge < -0.3 is 9.47 Å². The van der Waals surface area contributed by atoms with E-state index in [1.807, 2.05) is 109 Å². The van der Waals surface area contributed by atoms with E-state index in [2.05, 4.69) is 43.4 Å². The van der Waals surface area contributed by atoms with Crippen molar-refractivity contribution in [1.82, 2.24) is 14.2 Å². The van der Waals surface area contributed by atoms with E-state index < -0.39 is 64.7 Å². The molecule has 1 saturated heterocycles. The van der Waals surface area contributed by atoms with Crippen molar-refractivity contribution < 1.29 is 28.0 Å². The second kappa shape index (κ2) is 20.8. The molecule has 0 amide bonds. The van der Waals surface area contributed by atoms with Crippen molar-refractivity contribution in [3.8, 4) is 17.6 Å². The molecule has 1 unspecified atom stereocenters. The second-order valence-electron chi connectivity index (χ2n) is 14.4. The summed E-state index contributed by atoms with van der Waals surface area (Å²) < 4.78 is 43.8. The molecule has 5 aromatic rings. The van der Waals surface area contributed by atoms with Crippen LogP contribution < -0.4 is 27.9 Å². The summed E-state index contributed by atoms with van der Waals surface area (Å²) >= 11 is -1.12. The molecule has 1 aliphatic rings. The van der Waals surface area contributed by atoms with Gasteiger partial charge in [-0.3, -0.25) is 0 Å². The number of ether oxygens (including phenoxy) is 4. The average Bonchev–Trinajstić information content (AvgIpc) is 3.64. The molecule has 0 aliphatic carbocycles. The summed E-state index contributed by atoms with van der Waals surface area (Å²) in [6.45, 7) is 8.54. The van der Waals surface area contributed by atoms with Gasteiger partial charge in [0.15, 0.2) is 0 Å². The molecule has 0 bridgehead atoms. The summed E-state index contributed by atoms with van der Waals surface area (Å²) in [7, 11) is 1.57. The fourth-order valence-corrected chi connectivity index (χ4v) is 11.4. The summed E-state index contributed by atoms with van der Waals surface area (Å²) in [5.41, 5.74) is 0.461. The maximum absolute atomic E-state index is 13.6. The van der Waals surface area contributed by atoms with Crippen LogP contribution in [0.2, 0.25) is 0 Å². The Bertz CT molecular complexity index is 2190. The number of nitrogens with one attached hydrogen (secondary N) is 1. The molecule has 59 heavy (non-hydrogen) atoms. The SMILES string of the molecule is COc1ccc(C(OC[C@H]2O[C@@H](n3cc([Te]c4ccccc4)c(=O)[nH]c3=O)C[C@@H]2OP(OCCC#N)N(C(C)C)C(C)C)(c2ccccc2)c2ccc(OC)cc2)cc1. The first-order chi connectivity index (χ1) is 28.6. The van der Waals surface area contributed by atoms with E-state index in [1.165, 1.54) is 4.57 Å². The Hall–Kier alpha value is -4.33. The number of aromatic nitrogens is 2. The molecular formula is C45H51N4O8PTe. The third kappa shape index (κ3) is 10.5. The van der Waals surface area contributed by atoms with Crippen LogP contribution in [0.1, 0.15) is 63.5 Å². The van der Waals surface area contributed by atoms with E-state index in [9.17, 15) is 14.9 Å². The number of nitrogens with zero attached hydrogens (tertiary/aromatic N) is 3. The van der Waals surface area contributed by atoms with Crippen LogP contribution in [0.25, 0.3) is 0 Å². The first-order valence-electron chi connectivity index (χ1n) is 19.5. The maximum atomic E-state index is 13.6. The first-order valence-corrected chi connectivity index (χ1v) is 23.0. The van der Waals surface area contributed by atoms with Crippen LogP contribution in [0, 0.1) is 11.3 Å². The molecule has 4 atom stereocenters. The van der Waals surface area contributed by atoms with E-state index in [-0.39, 0.29) is 38.1 Å². The Balaban J connectivity index is 1.44. The van der Waals surface area contributed by atoms with Crippen molar-refractivity contribution in [2.75, 3.05) is 27.4 Å². The average molecular weight is 934 g/mol. The molecule has 310 valence electrons. The number of rotatable bonds is 19. The molecule has 12 nitrogen and oxygen atoms in total. The standard InChI is InChI=1S/C45H51N4O8PTe/c1-31(2)49(32(3)4)58(55-27-13-26-46)57-39-28-42(48-29-41(43(50)47-44(48)51)59-38-16-11-8-12-17-38)56-40(39)30-54-45(33-14-9-7-10-15-33,34-18-22-36(52-5)23-19-34)35-20-24-37(53-6)25-21-35/h7-12,14-25,29,31-32,39-40,42H,13,27-28,30H2,1-6H3,(H,47,50,51)/t39-,40+,42+,58?/m0/s1. The molecule has 0 radical (unpaired) electrons. The predicted molar refractivity (Wildman–Crippen MR) is 230 cm³/mol. The van der Waals surface area contributed by atoms with Gasteiger partial charge in [-0.2, -0.15) is 5.26 Å². The molecule has 6 rings (SSSR count). The van der Waals surface area contributed by atoms with E-state index in [1.54, 1.807) is 20.4 Å². The van der Waals surface area contributed by atoms with Crippen molar-refractivity contribution in [1.29, 1.82) is 5.26 Å². The number of aromatic amines is 1. The van der Waals surface area contributed by atoms with Crippen molar-refractivity contribution in [2.45, 2.75) is 76.7 Å². The number of hydrogen-bond donors (Lipinski definition) is 1. The first kappa shape index (κ1) is 44.2. The van der Waals surface area contributed by atoms with Gasteiger partial charge in [0.25, 0.3) is 0 Å². The fourth-order valence-electron chi connectivity index (χ4n) is 7.19. The zero-order valence-electron chi connectivity index (χ0n) is 34.1. The molecule has 2 heterocycles. The van der Waals surface area contributed by atoms with Crippen LogP contribution in [0.5, 0.6) is 11.5 Å². The Morgan fingerprint density at radius 3 is 1.97 bits per heavy atom. The quantitative estimate of drug-likeness (QED) is 0.0444. The van der Waals surface area contributed by atoms with Crippen LogP contribution in [-0.4, -0.2) is 86.9 Å². The molecule has 0 spiro atoms. The fraction of sp³-hybridized carbons (Fsp3) is 0.356. The second-order valence-corrected chi connectivity index (χ2v) is 19.0. The molecule has 1 fully saturated rings. The molecule has 1 aromatic heterocycles.